The molecule has 0 spiro atoms. The van der Waals surface area contributed by atoms with Crippen molar-refractivity contribution in [3.05, 3.63) is 95.6 Å². The molecule has 0 radical (unpaired) electrons. The minimum atomic E-state index is -3.91. The predicted octanol–water partition coefficient (Wildman–Crippen LogP) is 2.77. The monoisotopic (exact) mass is 453 g/mol. The molecule has 166 valence electrons. The number of amides is 2. The Morgan fingerprint density at radius 1 is 0.875 bits per heavy atom. The first-order valence-corrected chi connectivity index (χ1v) is 11.2. The molecule has 3 aromatic carbocycles. The second-order valence-electron chi connectivity index (χ2n) is 6.97. The number of hydroxylamine groups is 1. The second-order valence-corrected chi connectivity index (χ2v) is 8.74. The largest absolute Gasteiger partial charge is 0.322 e. The van der Waals surface area contributed by atoms with Crippen LogP contribution < -0.4 is 15.5 Å². The van der Waals surface area contributed by atoms with Crippen molar-refractivity contribution < 1.29 is 22.8 Å². The predicted molar refractivity (Wildman–Crippen MR) is 120 cm³/mol. The van der Waals surface area contributed by atoms with Crippen LogP contribution in [-0.2, 0) is 26.3 Å². The molecular weight excluding hydrogens is 430 g/mol. The number of carbonyl (C=O) groups is 2. The summed E-state index contributed by atoms with van der Waals surface area (Å²) in [5, 5.41) is 2.71. The number of aryl methyl sites for hydroxylation is 1. The summed E-state index contributed by atoms with van der Waals surface area (Å²) in [5.41, 5.74) is 5.04. The van der Waals surface area contributed by atoms with Crippen molar-refractivity contribution in [1.29, 1.82) is 0 Å². The fraction of sp³-hybridized carbons (Fsp3) is 0.130. The van der Waals surface area contributed by atoms with E-state index in [0.29, 0.717) is 11.3 Å². The average molecular weight is 454 g/mol. The van der Waals surface area contributed by atoms with Gasteiger partial charge in [-0.1, -0.05) is 48.0 Å². The molecule has 2 amide bonds. The van der Waals surface area contributed by atoms with Crippen molar-refractivity contribution in [1.82, 2.24) is 10.2 Å². The molecule has 8 nitrogen and oxygen atoms in total. The SMILES string of the molecule is Cc1ccc(C(=O)Nc2ccc(S(=O)(=O)NCC(=O)NOCc3ccccc3)cc2)cc1. The summed E-state index contributed by atoms with van der Waals surface area (Å²) in [6.45, 7) is 1.61. The Labute approximate surface area is 186 Å². The van der Waals surface area contributed by atoms with Crippen molar-refractivity contribution in [3.63, 3.8) is 0 Å². The van der Waals surface area contributed by atoms with Crippen LogP contribution in [0.5, 0.6) is 0 Å². The standard InChI is InChI=1S/C23H23N3O5S/c1-17-7-9-19(10-8-17)23(28)25-20-11-13-21(14-12-20)32(29,30)24-15-22(27)26-31-16-18-5-3-2-4-6-18/h2-14,24H,15-16H2,1H3,(H,25,28)(H,26,27). The third-order valence-corrected chi connectivity index (χ3v) is 5.84. The highest BCUT2D eigenvalue weighted by Gasteiger charge is 2.16. The van der Waals surface area contributed by atoms with Gasteiger partial charge in [-0.25, -0.2) is 18.6 Å². The fourth-order valence-corrected chi connectivity index (χ4v) is 3.66. The lowest BCUT2D eigenvalue weighted by molar-refractivity contribution is -0.133. The van der Waals surface area contributed by atoms with Crippen molar-refractivity contribution in [2.75, 3.05) is 11.9 Å². The molecular formula is C23H23N3O5S. The Kier molecular flexibility index (Phi) is 7.72. The van der Waals surface area contributed by atoms with E-state index in [1.165, 1.54) is 24.3 Å². The molecule has 3 N–H and O–H groups in total. The van der Waals surface area contributed by atoms with E-state index in [1.807, 2.05) is 49.4 Å². The van der Waals surface area contributed by atoms with Gasteiger partial charge >= 0.3 is 0 Å². The third kappa shape index (κ3) is 6.74. The Morgan fingerprint density at radius 3 is 2.19 bits per heavy atom. The highest BCUT2D eigenvalue weighted by molar-refractivity contribution is 7.89. The summed E-state index contributed by atoms with van der Waals surface area (Å²) in [6, 6.07) is 21.9. The molecule has 3 rings (SSSR count). The quantitative estimate of drug-likeness (QED) is 0.431. The van der Waals surface area contributed by atoms with Crippen LogP contribution in [0.15, 0.2) is 83.8 Å². The number of rotatable bonds is 9. The number of nitrogens with one attached hydrogen (secondary N) is 3. The zero-order chi connectivity index (χ0) is 23.0. The highest BCUT2D eigenvalue weighted by Crippen LogP contribution is 2.15. The summed E-state index contributed by atoms with van der Waals surface area (Å²) in [5.74, 6) is -0.933. The molecule has 0 aromatic heterocycles. The lowest BCUT2D eigenvalue weighted by atomic mass is 10.1. The maximum Gasteiger partial charge on any atom is 0.258 e. The van der Waals surface area contributed by atoms with Crippen molar-refractivity contribution in [2.45, 2.75) is 18.4 Å². The molecule has 32 heavy (non-hydrogen) atoms. The van der Waals surface area contributed by atoms with E-state index >= 15 is 0 Å². The molecule has 9 heteroatoms. The van der Waals surface area contributed by atoms with Gasteiger partial charge in [-0.15, -0.1) is 0 Å². The molecule has 0 fully saturated rings. The molecule has 0 bridgehead atoms. The van der Waals surface area contributed by atoms with Crippen LogP contribution in [0.4, 0.5) is 5.69 Å². The van der Waals surface area contributed by atoms with Gasteiger partial charge in [0.05, 0.1) is 18.0 Å². The normalized spacial score (nSPS) is 11.0. The zero-order valence-corrected chi connectivity index (χ0v) is 18.2. The maximum absolute atomic E-state index is 12.4. The van der Waals surface area contributed by atoms with Crippen LogP contribution in [0.25, 0.3) is 0 Å². The smallest absolute Gasteiger partial charge is 0.258 e. The van der Waals surface area contributed by atoms with Gasteiger partial charge in [0.15, 0.2) is 0 Å². The summed E-state index contributed by atoms with van der Waals surface area (Å²) in [7, 11) is -3.91. The number of benzene rings is 3. The van der Waals surface area contributed by atoms with Crippen molar-refractivity contribution in [2.24, 2.45) is 0 Å². The molecule has 0 atom stereocenters. The van der Waals surface area contributed by atoms with Crippen LogP contribution in [0.2, 0.25) is 0 Å². The van der Waals surface area contributed by atoms with Gasteiger partial charge < -0.3 is 5.32 Å². The molecule has 0 aliphatic carbocycles. The van der Waals surface area contributed by atoms with Crippen LogP contribution >= 0.6 is 0 Å². The number of carbonyl (C=O) groups excluding carboxylic acids is 2. The molecule has 0 aliphatic rings. The highest BCUT2D eigenvalue weighted by atomic mass is 32.2. The molecule has 0 heterocycles. The van der Waals surface area contributed by atoms with Crippen LogP contribution in [0, 0.1) is 6.92 Å². The van der Waals surface area contributed by atoms with Crippen LogP contribution in [0.1, 0.15) is 21.5 Å². The summed E-state index contributed by atoms with van der Waals surface area (Å²) < 4.78 is 27.0. The second kappa shape index (κ2) is 10.7. The van der Waals surface area contributed by atoms with Crippen LogP contribution in [-0.4, -0.2) is 26.8 Å². The first-order chi connectivity index (χ1) is 15.3. The van der Waals surface area contributed by atoms with Crippen molar-refractivity contribution in [3.8, 4) is 0 Å². The van der Waals surface area contributed by atoms with E-state index in [-0.39, 0.29) is 17.4 Å². The van der Waals surface area contributed by atoms with E-state index in [0.717, 1.165) is 11.1 Å². The van der Waals surface area contributed by atoms with E-state index in [4.69, 9.17) is 4.84 Å². The summed E-state index contributed by atoms with van der Waals surface area (Å²) in [4.78, 5) is 29.1. The first-order valence-electron chi connectivity index (χ1n) is 9.76. The van der Waals surface area contributed by atoms with E-state index in [2.05, 4.69) is 15.5 Å². The molecule has 0 aliphatic heterocycles. The van der Waals surface area contributed by atoms with Gasteiger partial charge in [0.2, 0.25) is 10.0 Å². The Bertz CT molecular complexity index is 1160. The number of sulfonamides is 1. The minimum absolute atomic E-state index is 0.0381. The summed E-state index contributed by atoms with van der Waals surface area (Å²) >= 11 is 0. The summed E-state index contributed by atoms with van der Waals surface area (Å²) in [6.07, 6.45) is 0. The van der Waals surface area contributed by atoms with Gasteiger partial charge in [0.25, 0.3) is 11.8 Å². The Morgan fingerprint density at radius 2 is 1.53 bits per heavy atom. The van der Waals surface area contributed by atoms with E-state index in [9.17, 15) is 18.0 Å². The van der Waals surface area contributed by atoms with E-state index in [1.54, 1.807) is 12.1 Å². The zero-order valence-electron chi connectivity index (χ0n) is 17.4. The minimum Gasteiger partial charge on any atom is -0.322 e. The number of hydrogen-bond donors (Lipinski definition) is 3. The average Bonchev–Trinajstić information content (AvgIpc) is 2.79. The van der Waals surface area contributed by atoms with Crippen LogP contribution in [0.3, 0.4) is 0 Å². The lowest BCUT2D eigenvalue weighted by Crippen LogP contribution is -2.36. The maximum atomic E-state index is 12.4. The first kappa shape index (κ1) is 23.1. The Balaban J connectivity index is 1.49. The third-order valence-electron chi connectivity index (χ3n) is 4.43. The lowest BCUT2D eigenvalue weighted by Gasteiger charge is -2.09. The number of hydrogen-bond acceptors (Lipinski definition) is 5. The van der Waals surface area contributed by atoms with Gasteiger partial charge in [0, 0.05) is 11.3 Å². The van der Waals surface area contributed by atoms with Gasteiger partial charge in [0.1, 0.15) is 0 Å². The topological polar surface area (TPSA) is 114 Å². The molecule has 0 saturated carbocycles. The Hall–Kier alpha value is -3.53. The van der Waals surface area contributed by atoms with E-state index < -0.39 is 22.5 Å². The molecule has 0 unspecified atom stereocenters. The molecule has 3 aromatic rings. The number of anilines is 1. The van der Waals surface area contributed by atoms with Gasteiger partial charge in [-0.2, -0.15) is 0 Å². The fourth-order valence-electron chi connectivity index (χ4n) is 2.68. The van der Waals surface area contributed by atoms with Crippen molar-refractivity contribution >= 4 is 27.5 Å². The molecule has 0 saturated heterocycles. The van der Waals surface area contributed by atoms with Gasteiger partial charge in [-0.3, -0.25) is 14.4 Å². The van der Waals surface area contributed by atoms with Gasteiger partial charge in [-0.05, 0) is 48.9 Å².